The maximum absolute atomic E-state index is 12.5. The fourth-order valence-corrected chi connectivity index (χ4v) is 3.41. The lowest BCUT2D eigenvalue weighted by atomic mass is 9.94. The molecule has 11 heteroatoms. The molecule has 5 amide bonds. The summed E-state index contributed by atoms with van der Waals surface area (Å²) >= 11 is 0. The molecule has 1 N–H and O–H groups in total. The first-order valence-corrected chi connectivity index (χ1v) is 9.00. The summed E-state index contributed by atoms with van der Waals surface area (Å²) in [6.45, 7) is -0.673. The van der Waals surface area contributed by atoms with E-state index in [0.717, 1.165) is 36.3 Å². The molecule has 29 heavy (non-hydrogen) atoms. The van der Waals surface area contributed by atoms with Gasteiger partial charge in [0.1, 0.15) is 12.3 Å². The van der Waals surface area contributed by atoms with Crippen LogP contribution in [0.1, 0.15) is 32.1 Å². The SMILES string of the molecule is O=C(CN1C(=O)C(=O)N(C2CCCCC2)C1=O)Nc1ccc(OC(F)(F)F)cc1. The van der Waals surface area contributed by atoms with Crippen molar-refractivity contribution in [3.05, 3.63) is 24.3 Å². The molecule has 1 saturated heterocycles. The van der Waals surface area contributed by atoms with Gasteiger partial charge in [0.2, 0.25) is 5.91 Å². The second-order valence-corrected chi connectivity index (χ2v) is 6.76. The van der Waals surface area contributed by atoms with Crippen molar-refractivity contribution in [3.8, 4) is 5.75 Å². The van der Waals surface area contributed by atoms with E-state index in [1.165, 1.54) is 12.1 Å². The minimum Gasteiger partial charge on any atom is -0.406 e. The summed E-state index contributed by atoms with van der Waals surface area (Å²) in [6, 6.07) is 3.18. The van der Waals surface area contributed by atoms with E-state index in [-0.39, 0.29) is 11.7 Å². The lowest BCUT2D eigenvalue weighted by Crippen LogP contribution is -2.43. The molecule has 1 aromatic carbocycles. The molecular weight excluding hydrogens is 395 g/mol. The van der Waals surface area contributed by atoms with Crippen LogP contribution in [0, 0.1) is 0 Å². The van der Waals surface area contributed by atoms with Gasteiger partial charge in [0.25, 0.3) is 0 Å². The monoisotopic (exact) mass is 413 g/mol. The zero-order valence-corrected chi connectivity index (χ0v) is 15.2. The van der Waals surface area contributed by atoms with E-state index in [9.17, 15) is 32.3 Å². The highest BCUT2D eigenvalue weighted by molar-refractivity contribution is 6.45. The zero-order valence-electron chi connectivity index (χ0n) is 15.2. The Morgan fingerprint density at radius 1 is 1.03 bits per heavy atom. The van der Waals surface area contributed by atoms with Gasteiger partial charge in [-0.1, -0.05) is 19.3 Å². The number of rotatable bonds is 5. The highest BCUT2D eigenvalue weighted by atomic mass is 19.4. The van der Waals surface area contributed by atoms with Crippen molar-refractivity contribution in [2.45, 2.75) is 44.5 Å². The Balaban J connectivity index is 1.60. The molecular formula is C18H18F3N3O5. The summed E-state index contributed by atoms with van der Waals surface area (Å²) in [5, 5.41) is 2.36. The molecule has 0 bridgehead atoms. The number of hydrogen-bond donors (Lipinski definition) is 1. The van der Waals surface area contributed by atoms with Gasteiger partial charge in [0.05, 0.1) is 0 Å². The number of carbonyl (C=O) groups excluding carboxylic acids is 4. The third-order valence-corrected chi connectivity index (χ3v) is 4.70. The van der Waals surface area contributed by atoms with Gasteiger partial charge in [-0.15, -0.1) is 13.2 Å². The first kappa shape index (κ1) is 20.6. The zero-order chi connectivity index (χ0) is 21.2. The molecule has 0 unspecified atom stereocenters. The third-order valence-electron chi connectivity index (χ3n) is 4.70. The highest BCUT2D eigenvalue weighted by Crippen LogP contribution is 2.27. The van der Waals surface area contributed by atoms with Crippen LogP contribution in [0.2, 0.25) is 0 Å². The first-order chi connectivity index (χ1) is 13.7. The van der Waals surface area contributed by atoms with Crippen LogP contribution in [0.15, 0.2) is 24.3 Å². The molecule has 0 aromatic heterocycles. The standard InChI is InChI=1S/C18H18F3N3O5/c19-18(20,21)29-13-8-6-11(7-9-13)22-14(25)10-23-15(26)16(27)24(17(23)28)12-4-2-1-3-5-12/h6-9,12H,1-5,10H2,(H,22,25). The van der Waals surface area contributed by atoms with Crippen molar-refractivity contribution in [2.75, 3.05) is 11.9 Å². The Morgan fingerprint density at radius 3 is 2.24 bits per heavy atom. The summed E-state index contributed by atoms with van der Waals surface area (Å²) in [4.78, 5) is 50.5. The van der Waals surface area contributed by atoms with Crippen molar-refractivity contribution in [1.82, 2.24) is 9.80 Å². The second-order valence-electron chi connectivity index (χ2n) is 6.76. The molecule has 156 valence electrons. The number of urea groups is 1. The molecule has 1 aromatic rings. The summed E-state index contributed by atoms with van der Waals surface area (Å²) in [6.07, 6.45) is -0.888. The van der Waals surface area contributed by atoms with E-state index >= 15 is 0 Å². The average molecular weight is 413 g/mol. The lowest BCUT2D eigenvalue weighted by molar-refractivity contribution is -0.274. The van der Waals surface area contributed by atoms with Gasteiger partial charge in [0.15, 0.2) is 0 Å². The third kappa shape index (κ3) is 4.84. The highest BCUT2D eigenvalue weighted by Gasteiger charge is 2.48. The maximum Gasteiger partial charge on any atom is 0.573 e. The molecule has 2 fully saturated rings. The Hall–Kier alpha value is -3.11. The van der Waals surface area contributed by atoms with Crippen molar-refractivity contribution in [2.24, 2.45) is 0 Å². The van der Waals surface area contributed by atoms with Gasteiger partial charge in [-0.25, -0.2) is 9.69 Å². The Labute approximate surface area is 163 Å². The molecule has 8 nitrogen and oxygen atoms in total. The Kier molecular flexibility index (Phi) is 5.76. The number of anilines is 1. The smallest absolute Gasteiger partial charge is 0.406 e. The normalized spacial score (nSPS) is 18.4. The first-order valence-electron chi connectivity index (χ1n) is 9.00. The second kappa shape index (κ2) is 8.10. The van der Waals surface area contributed by atoms with E-state index in [1.54, 1.807) is 0 Å². The van der Waals surface area contributed by atoms with E-state index in [4.69, 9.17) is 0 Å². The van der Waals surface area contributed by atoms with Crippen LogP contribution in [0.4, 0.5) is 23.7 Å². The summed E-state index contributed by atoms with van der Waals surface area (Å²) in [5.74, 6) is -3.24. The molecule has 0 radical (unpaired) electrons. The Bertz CT molecular complexity index is 819. The molecule has 0 spiro atoms. The van der Waals surface area contributed by atoms with Crippen LogP contribution in [0.3, 0.4) is 0 Å². The van der Waals surface area contributed by atoms with E-state index in [2.05, 4.69) is 10.1 Å². The maximum atomic E-state index is 12.5. The number of hydrogen-bond acceptors (Lipinski definition) is 5. The van der Waals surface area contributed by atoms with Gasteiger partial charge in [-0.2, -0.15) is 0 Å². The van der Waals surface area contributed by atoms with Crippen LogP contribution < -0.4 is 10.1 Å². The van der Waals surface area contributed by atoms with E-state index < -0.39 is 42.4 Å². The van der Waals surface area contributed by atoms with E-state index in [0.29, 0.717) is 17.7 Å². The molecule has 2 aliphatic rings. The molecule has 0 atom stereocenters. The van der Waals surface area contributed by atoms with E-state index in [1.807, 2.05) is 0 Å². The predicted molar refractivity (Wildman–Crippen MR) is 92.6 cm³/mol. The molecule has 1 heterocycles. The van der Waals surface area contributed by atoms with Crippen LogP contribution >= 0.6 is 0 Å². The van der Waals surface area contributed by atoms with Crippen molar-refractivity contribution in [3.63, 3.8) is 0 Å². The summed E-state index contributed by atoms with van der Waals surface area (Å²) in [5.41, 5.74) is 0.138. The minimum atomic E-state index is -4.84. The van der Waals surface area contributed by atoms with Crippen LogP contribution in [0.25, 0.3) is 0 Å². The average Bonchev–Trinajstić information content (AvgIpc) is 2.86. The van der Waals surface area contributed by atoms with Crippen LogP contribution in [-0.4, -0.2) is 52.5 Å². The van der Waals surface area contributed by atoms with Crippen molar-refractivity contribution in [1.29, 1.82) is 0 Å². The fraction of sp³-hybridized carbons (Fsp3) is 0.444. The van der Waals surface area contributed by atoms with Gasteiger partial charge >= 0.3 is 24.2 Å². The Morgan fingerprint density at radius 2 is 1.66 bits per heavy atom. The lowest BCUT2D eigenvalue weighted by Gasteiger charge is -2.28. The summed E-state index contributed by atoms with van der Waals surface area (Å²) in [7, 11) is 0. The number of nitrogens with zero attached hydrogens (tertiary/aromatic N) is 2. The molecule has 1 saturated carbocycles. The predicted octanol–water partition coefficient (Wildman–Crippen LogP) is 2.65. The number of benzene rings is 1. The number of alkyl halides is 3. The molecule has 3 rings (SSSR count). The van der Waals surface area contributed by atoms with Crippen molar-refractivity contribution >= 4 is 29.4 Å². The summed E-state index contributed by atoms with van der Waals surface area (Å²) < 4.78 is 40.2. The van der Waals surface area contributed by atoms with Gasteiger partial charge in [-0.05, 0) is 37.1 Å². The quantitative estimate of drug-likeness (QED) is 0.592. The number of imide groups is 2. The number of nitrogens with one attached hydrogen (secondary N) is 1. The fourth-order valence-electron chi connectivity index (χ4n) is 3.41. The number of halogens is 3. The largest absolute Gasteiger partial charge is 0.573 e. The van der Waals surface area contributed by atoms with Gasteiger partial charge in [0, 0.05) is 11.7 Å². The van der Waals surface area contributed by atoms with Crippen LogP contribution in [0.5, 0.6) is 5.75 Å². The van der Waals surface area contributed by atoms with Gasteiger partial charge < -0.3 is 10.1 Å². The number of carbonyl (C=O) groups is 4. The topological polar surface area (TPSA) is 96.0 Å². The van der Waals surface area contributed by atoms with Crippen molar-refractivity contribution < 1.29 is 37.1 Å². The molecule has 1 aliphatic heterocycles. The van der Waals surface area contributed by atoms with Gasteiger partial charge in [-0.3, -0.25) is 19.3 Å². The minimum absolute atomic E-state index is 0.138. The molecule has 1 aliphatic carbocycles. The number of ether oxygens (including phenoxy) is 1. The number of amides is 5. The van der Waals surface area contributed by atoms with Crippen LogP contribution in [-0.2, 0) is 14.4 Å².